The fraction of sp³-hybridized carbons (Fsp3) is 0.414. The second kappa shape index (κ2) is 12.0. The number of hydrogen-bond donors (Lipinski definition) is 3. The summed E-state index contributed by atoms with van der Waals surface area (Å²) in [7, 11) is 3.03. The third-order valence-electron chi connectivity index (χ3n) is 7.44. The lowest BCUT2D eigenvalue weighted by Crippen LogP contribution is -2.48. The molecule has 4 rings (SSSR count). The summed E-state index contributed by atoms with van der Waals surface area (Å²) in [5.41, 5.74) is 8.26. The molecule has 0 saturated heterocycles. The number of methoxy groups -OCH3 is 2. The molecule has 1 saturated carbocycles. The van der Waals surface area contributed by atoms with Gasteiger partial charge in [-0.15, -0.1) is 0 Å². The number of halogens is 2. The van der Waals surface area contributed by atoms with Gasteiger partial charge in [-0.25, -0.2) is 13.6 Å². The monoisotopic (exact) mass is 511 g/mol. The van der Waals surface area contributed by atoms with Crippen LogP contribution >= 0.6 is 0 Å². The topological polar surface area (TPSA) is 85.6 Å². The molecule has 0 aromatic heterocycles. The van der Waals surface area contributed by atoms with Crippen LogP contribution in [0.3, 0.4) is 0 Å². The van der Waals surface area contributed by atoms with Crippen molar-refractivity contribution in [3.8, 4) is 0 Å². The van der Waals surface area contributed by atoms with Gasteiger partial charge in [-0.2, -0.15) is 0 Å². The number of fused-ring (bicyclic) bond motifs is 1. The number of anilines is 1. The Bertz CT molecular complexity index is 1160. The number of carbonyl (C=O) groups is 1. The molecule has 1 aliphatic heterocycles. The molecule has 0 spiro atoms. The summed E-state index contributed by atoms with van der Waals surface area (Å²) >= 11 is 0. The Balaban J connectivity index is 1.28. The van der Waals surface area contributed by atoms with Crippen LogP contribution in [0.5, 0.6) is 0 Å². The van der Waals surface area contributed by atoms with E-state index in [4.69, 9.17) is 15.2 Å². The van der Waals surface area contributed by atoms with E-state index in [2.05, 4.69) is 10.6 Å². The first-order chi connectivity index (χ1) is 17.8. The lowest BCUT2D eigenvalue weighted by molar-refractivity contribution is 0.0355. The molecule has 0 amide bonds. The number of benzene rings is 2. The number of rotatable bonds is 9. The fourth-order valence-corrected chi connectivity index (χ4v) is 5.28. The number of ether oxygens (including phenoxy) is 2. The maximum atomic E-state index is 13.7. The first-order valence-corrected chi connectivity index (χ1v) is 12.7. The van der Waals surface area contributed by atoms with Gasteiger partial charge in [0.15, 0.2) is 5.72 Å². The predicted octanol–water partition coefficient (Wildman–Crippen LogP) is 5.11. The molecule has 37 heavy (non-hydrogen) atoms. The molecule has 2 aromatic rings. The third kappa shape index (κ3) is 6.44. The summed E-state index contributed by atoms with van der Waals surface area (Å²) in [6.45, 7) is 0.589. The van der Waals surface area contributed by atoms with Crippen molar-refractivity contribution in [2.24, 2.45) is 11.7 Å². The van der Waals surface area contributed by atoms with Gasteiger partial charge in [-0.3, -0.25) is 0 Å². The minimum Gasteiger partial charge on any atom is -0.465 e. The van der Waals surface area contributed by atoms with Crippen molar-refractivity contribution in [3.05, 3.63) is 76.9 Å². The van der Waals surface area contributed by atoms with E-state index in [1.165, 1.54) is 13.2 Å². The average Bonchev–Trinajstić information content (AvgIpc) is 2.92. The SMILES string of the molecule is COC(=O)c1cccc2c1C=CC(C[C@H](N)C1CCC(NC/C=C/c3cc(F)ccc3F)CC1)(OC)N2. The third-order valence-corrected chi connectivity index (χ3v) is 7.44. The van der Waals surface area contributed by atoms with Crippen LogP contribution in [-0.2, 0) is 9.47 Å². The minimum absolute atomic E-state index is 0.0702. The van der Waals surface area contributed by atoms with Gasteiger partial charge in [0, 0.05) is 49.0 Å². The largest absolute Gasteiger partial charge is 0.465 e. The van der Waals surface area contributed by atoms with E-state index in [1.807, 2.05) is 30.4 Å². The van der Waals surface area contributed by atoms with Crippen molar-refractivity contribution in [2.45, 2.75) is 49.9 Å². The molecule has 8 heteroatoms. The molecule has 198 valence electrons. The Morgan fingerprint density at radius 2 is 2.00 bits per heavy atom. The van der Waals surface area contributed by atoms with Gasteiger partial charge in [0.2, 0.25) is 0 Å². The second-order valence-electron chi connectivity index (χ2n) is 9.77. The van der Waals surface area contributed by atoms with Gasteiger partial charge in [-0.1, -0.05) is 24.3 Å². The molecule has 1 fully saturated rings. The number of nitrogens with two attached hydrogens (primary N) is 1. The molecular formula is C29H35F2N3O3. The van der Waals surface area contributed by atoms with Crippen molar-refractivity contribution < 1.29 is 23.0 Å². The summed E-state index contributed by atoms with van der Waals surface area (Å²) in [6.07, 6.45) is 11.8. The van der Waals surface area contributed by atoms with E-state index in [1.54, 1.807) is 19.3 Å². The van der Waals surface area contributed by atoms with Crippen LogP contribution in [0.2, 0.25) is 0 Å². The predicted molar refractivity (Wildman–Crippen MR) is 142 cm³/mol. The Morgan fingerprint density at radius 1 is 1.22 bits per heavy atom. The molecule has 1 heterocycles. The Hall–Kier alpha value is -3.07. The molecule has 2 aliphatic rings. The highest BCUT2D eigenvalue weighted by molar-refractivity contribution is 5.97. The molecule has 6 nitrogen and oxygen atoms in total. The van der Waals surface area contributed by atoms with Crippen molar-refractivity contribution in [3.63, 3.8) is 0 Å². The van der Waals surface area contributed by atoms with Crippen LogP contribution in [0.15, 0.2) is 48.6 Å². The van der Waals surface area contributed by atoms with Crippen molar-refractivity contribution in [1.82, 2.24) is 5.32 Å². The van der Waals surface area contributed by atoms with E-state index in [-0.39, 0.29) is 17.6 Å². The first kappa shape index (κ1) is 27.0. The molecule has 2 atom stereocenters. The van der Waals surface area contributed by atoms with Crippen LogP contribution < -0.4 is 16.4 Å². The fourth-order valence-electron chi connectivity index (χ4n) is 5.28. The van der Waals surface area contributed by atoms with Gasteiger partial charge in [-0.05, 0) is 68.0 Å². The summed E-state index contributed by atoms with van der Waals surface area (Å²) in [5, 5.41) is 6.93. The van der Waals surface area contributed by atoms with Crippen molar-refractivity contribution in [2.75, 3.05) is 26.1 Å². The van der Waals surface area contributed by atoms with Crippen LogP contribution in [0.4, 0.5) is 14.5 Å². The van der Waals surface area contributed by atoms with Gasteiger partial charge in [0.05, 0.1) is 12.7 Å². The average molecular weight is 512 g/mol. The highest BCUT2D eigenvalue weighted by atomic mass is 19.1. The molecule has 1 unspecified atom stereocenters. The highest BCUT2D eigenvalue weighted by Crippen LogP contribution is 2.36. The zero-order chi connectivity index (χ0) is 26.4. The van der Waals surface area contributed by atoms with Crippen molar-refractivity contribution in [1.29, 1.82) is 0 Å². The van der Waals surface area contributed by atoms with Crippen LogP contribution in [0.25, 0.3) is 12.2 Å². The number of carbonyl (C=O) groups excluding carboxylic acids is 1. The summed E-state index contributed by atoms with van der Waals surface area (Å²) in [4.78, 5) is 12.1. The number of nitrogens with one attached hydrogen (secondary N) is 2. The Labute approximate surface area is 216 Å². The van der Waals surface area contributed by atoms with Gasteiger partial charge in [0.1, 0.15) is 11.6 Å². The number of esters is 1. The van der Waals surface area contributed by atoms with E-state index in [0.717, 1.165) is 49.1 Å². The van der Waals surface area contributed by atoms with E-state index < -0.39 is 17.4 Å². The Morgan fingerprint density at radius 3 is 2.73 bits per heavy atom. The lowest BCUT2D eigenvalue weighted by atomic mass is 9.79. The van der Waals surface area contributed by atoms with E-state index in [9.17, 15) is 13.6 Å². The normalized spacial score (nSPS) is 23.9. The van der Waals surface area contributed by atoms with Gasteiger partial charge >= 0.3 is 5.97 Å². The maximum Gasteiger partial charge on any atom is 0.338 e. The summed E-state index contributed by atoms with van der Waals surface area (Å²) in [6, 6.07) is 9.20. The summed E-state index contributed by atoms with van der Waals surface area (Å²) < 4.78 is 37.9. The summed E-state index contributed by atoms with van der Waals surface area (Å²) in [5.74, 6) is -0.907. The van der Waals surface area contributed by atoms with Crippen molar-refractivity contribution >= 4 is 23.8 Å². The zero-order valence-electron chi connectivity index (χ0n) is 21.3. The maximum absolute atomic E-state index is 13.7. The molecular weight excluding hydrogens is 476 g/mol. The van der Waals surface area contributed by atoms with Gasteiger partial charge in [0.25, 0.3) is 0 Å². The van der Waals surface area contributed by atoms with Gasteiger partial charge < -0.3 is 25.8 Å². The van der Waals surface area contributed by atoms with E-state index >= 15 is 0 Å². The lowest BCUT2D eigenvalue weighted by Gasteiger charge is -2.40. The second-order valence-corrected chi connectivity index (χ2v) is 9.77. The molecule has 2 aromatic carbocycles. The quantitative estimate of drug-likeness (QED) is 0.406. The van der Waals surface area contributed by atoms with E-state index in [0.29, 0.717) is 30.5 Å². The highest BCUT2D eigenvalue weighted by Gasteiger charge is 2.36. The minimum atomic E-state index is -0.757. The smallest absolute Gasteiger partial charge is 0.338 e. The Kier molecular flexibility index (Phi) is 8.74. The molecule has 1 aliphatic carbocycles. The molecule has 0 bridgehead atoms. The first-order valence-electron chi connectivity index (χ1n) is 12.7. The zero-order valence-corrected chi connectivity index (χ0v) is 21.3. The molecule has 0 radical (unpaired) electrons. The standard InChI is InChI=1S/C29H35F2N3O3/c1-36-28(35)24-6-3-7-27-23(24)14-15-29(34-27,37-2)18-26(32)19-8-11-22(12-9-19)33-16-4-5-20-17-21(30)10-13-25(20)31/h3-7,10,13-15,17,19,22,26,33-34H,8-9,11-12,16,18,32H2,1-2H3/b5-4+/t19?,22?,26-,29?/m0/s1. The van der Waals surface area contributed by atoms with Crippen LogP contribution in [0.1, 0.15) is 53.6 Å². The van der Waals surface area contributed by atoms with Crippen LogP contribution in [0, 0.1) is 17.6 Å². The number of hydrogen-bond acceptors (Lipinski definition) is 6. The van der Waals surface area contributed by atoms with Crippen LogP contribution in [-0.4, -0.2) is 44.5 Å². The molecule has 4 N–H and O–H groups in total.